The molecule has 1 rings (SSSR count). The second-order valence-corrected chi connectivity index (χ2v) is 2.32. The van der Waals surface area contributed by atoms with Crippen LogP contribution in [-0.4, -0.2) is 40.1 Å². The Morgan fingerprint density at radius 3 is 2.50 bits per heavy atom. The van der Waals surface area contributed by atoms with Gasteiger partial charge in [0.25, 0.3) is 0 Å². The van der Waals surface area contributed by atoms with Crippen LogP contribution in [0.25, 0.3) is 0 Å². The molecule has 1 heterocycles. The van der Waals surface area contributed by atoms with Gasteiger partial charge in [-0.25, -0.2) is 0 Å². The highest BCUT2D eigenvalue weighted by Gasteiger charge is 2.44. The quantitative estimate of drug-likeness (QED) is 0.384. The monoisotopic (exact) mass is 149 g/mol. The molecule has 5 nitrogen and oxygen atoms in total. The van der Waals surface area contributed by atoms with E-state index in [1.54, 1.807) is 0 Å². The Hall–Kier alpha value is -0.200. The minimum atomic E-state index is -2.52. The van der Waals surface area contributed by atoms with E-state index >= 15 is 0 Å². The van der Waals surface area contributed by atoms with Gasteiger partial charge in [0, 0.05) is 0 Å². The molecule has 10 heavy (non-hydrogen) atoms. The first kappa shape index (κ1) is 7.90. The predicted octanol–water partition coefficient (Wildman–Crippen LogP) is -1.79. The van der Waals surface area contributed by atoms with Gasteiger partial charge in [0.15, 0.2) is 0 Å². The SMILES string of the molecule is [O][C@]1(O)C[C@H](O)[C@@H](CO)O1. The van der Waals surface area contributed by atoms with Crippen LogP contribution in [0.15, 0.2) is 0 Å². The van der Waals surface area contributed by atoms with E-state index in [0.717, 1.165) is 0 Å². The van der Waals surface area contributed by atoms with Crippen molar-refractivity contribution in [1.82, 2.24) is 0 Å². The van der Waals surface area contributed by atoms with Gasteiger partial charge in [0.1, 0.15) is 6.10 Å². The largest absolute Gasteiger partial charge is 0.394 e. The number of aliphatic hydroxyl groups excluding tert-OH is 2. The van der Waals surface area contributed by atoms with Gasteiger partial charge < -0.3 is 20.1 Å². The summed E-state index contributed by atoms with van der Waals surface area (Å²) >= 11 is 0. The van der Waals surface area contributed by atoms with Crippen LogP contribution in [-0.2, 0) is 9.84 Å². The average molecular weight is 149 g/mol. The highest BCUT2D eigenvalue weighted by Crippen LogP contribution is 2.25. The molecule has 1 saturated heterocycles. The molecular weight excluding hydrogens is 140 g/mol. The zero-order chi connectivity index (χ0) is 7.78. The maximum atomic E-state index is 10.5. The molecule has 0 aromatic heterocycles. The molecule has 1 aliphatic heterocycles. The number of aliphatic hydroxyl groups is 3. The molecule has 0 aromatic carbocycles. The number of hydrogen-bond acceptors (Lipinski definition) is 4. The fourth-order valence-electron chi connectivity index (χ4n) is 0.918. The van der Waals surface area contributed by atoms with Gasteiger partial charge in [-0.15, -0.1) is 0 Å². The highest BCUT2D eigenvalue weighted by molar-refractivity contribution is 4.79. The summed E-state index contributed by atoms with van der Waals surface area (Å²) in [5.41, 5.74) is 0. The first-order chi connectivity index (χ1) is 4.55. The zero-order valence-corrected chi connectivity index (χ0v) is 5.23. The zero-order valence-electron chi connectivity index (χ0n) is 5.23. The number of hydrogen-bond donors (Lipinski definition) is 3. The van der Waals surface area contributed by atoms with Crippen molar-refractivity contribution < 1.29 is 25.2 Å². The Balaban J connectivity index is 2.52. The third-order valence-electron chi connectivity index (χ3n) is 1.41. The van der Waals surface area contributed by atoms with Crippen molar-refractivity contribution >= 4 is 0 Å². The van der Waals surface area contributed by atoms with Crippen LogP contribution in [0.2, 0.25) is 0 Å². The molecule has 0 bridgehead atoms. The van der Waals surface area contributed by atoms with Crippen LogP contribution in [0, 0.1) is 0 Å². The highest BCUT2D eigenvalue weighted by atomic mass is 16.8. The molecule has 0 saturated carbocycles. The van der Waals surface area contributed by atoms with Crippen LogP contribution in [0.1, 0.15) is 6.42 Å². The van der Waals surface area contributed by atoms with Gasteiger partial charge in [0.2, 0.25) is 0 Å². The Bertz CT molecular complexity index is 123. The summed E-state index contributed by atoms with van der Waals surface area (Å²) in [4.78, 5) is 0. The second kappa shape index (κ2) is 2.44. The second-order valence-electron chi connectivity index (χ2n) is 2.32. The summed E-state index contributed by atoms with van der Waals surface area (Å²) < 4.78 is 4.31. The lowest BCUT2D eigenvalue weighted by molar-refractivity contribution is -0.357. The molecule has 0 spiro atoms. The van der Waals surface area contributed by atoms with E-state index in [-0.39, 0.29) is 0 Å². The standard InChI is InChI=1S/C5H9O5/c6-2-4-3(7)1-5(8,9)10-4/h3-4,6-8H,1-2H2/t3-,4+,5+/m0/s1. The summed E-state index contributed by atoms with van der Waals surface area (Å²) in [6.07, 6.45) is -2.40. The van der Waals surface area contributed by atoms with Crippen LogP contribution < -0.4 is 0 Å². The fourth-order valence-corrected chi connectivity index (χ4v) is 0.918. The van der Waals surface area contributed by atoms with Crippen molar-refractivity contribution in [3.8, 4) is 0 Å². The van der Waals surface area contributed by atoms with Crippen LogP contribution in [0.5, 0.6) is 0 Å². The molecular formula is C5H9O5. The lowest BCUT2D eigenvalue weighted by atomic mass is 10.2. The van der Waals surface area contributed by atoms with E-state index in [1.807, 2.05) is 0 Å². The summed E-state index contributed by atoms with van der Waals surface area (Å²) in [5.74, 6) is -2.52. The van der Waals surface area contributed by atoms with Crippen molar-refractivity contribution in [3.63, 3.8) is 0 Å². The van der Waals surface area contributed by atoms with Crippen LogP contribution >= 0.6 is 0 Å². The number of ether oxygens (including phenoxy) is 1. The van der Waals surface area contributed by atoms with Gasteiger partial charge in [-0.05, 0) is 0 Å². The molecule has 0 unspecified atom stereocenters. The van der Waals surface area contributed by atoms with Crippen LogP contribution in [0.3, 0.4) is 0 Å². The third-order valence-corrected chi connectivity index (χ3v) is 1.41. The summed E-state index contributed by atoms with van der Waals surface area (Å²) in [6.45, 7) is -0.453. The molecule has 3 N–H and O–H groups in total. The molecule has 0 aliphatic carbocycles. The lowest BCUT2D eigenvalue weighted by Gasteiger charge is -2.11. The van der Waals surface area contributed by atoms with E-state index in [0.29, 0.717) is 0 Å². The molecule has 3 atom stereocenters. The molecule has 5 heteroatoms. The van der Waals surface area contributed by atoms with Gasteiger partial charge in [-0.2, -0.15) is 5.11 Å². The molecule has 1 fully saturated rings. The number of rotatable bonds is 1. The maximum absolute atomic E-state index is 10.5. The third kappa shape index (κ3) is 1.44. The average Bonchev–Trinajstić information content (AvgIpc) is 2.05. The van der Waals surface area contributed by atoms with E-state index in [1.165, 1.54) is 0 Å². The normalized spacial score (nSPS) is 38.4. The van der Waals surface area contributed by atoms with Crippen molar-refractivity contribution in [2.24, 2.45) is 0 Å². The Morgan fingerprint density at radius 2 is 2.30 bits per heavy atom. The van der Waals surface area contributed by atoms with E-state index in [4.69, 9.17) is 15.3 Å². The van der Waals surface area contributed by atoms with Gasteiger partial charge >= 0.3 is 5.97 Å². The fraction of sp³-hybridized carbons (Fsp3) is 1.00. The Kier molecular flexibility index (Phi) is 1.93. The first-order valence-corrected chi connectivity index (χ1v) is 2.95. The van der Waals surface area contributed by atoms with Gasteiger partial charge in [0.05, 0.1) is 19.1 Å². The molecule has 0 amide bonds. The van der Waals surface area contributed by atoms with E-state index in [2.05, 4.69) is 4.74 Å². The summed E-state index contributed by atoms with van der Waals surface area (Å²) in [7, 11) is 0. The van der Waals surface area contributed by atoms with Gasteiger partial charge in [-0.1, -0.05) is 0 Å². The topological polar surface area (TPSA) is 89.8 Å². The molecule has 1 aliphatic rings. The lowest BCUT2D eigenvalue weighted by Crippen LogP contribution is -2.27. The van der Waals surface area contributed by atoms with Crippen molar-refractivity contribution in [2.75, 3.05) is 6.61 Å². The molecule has 1 radical (unpaired) electrons. The molecule has 0 aromatic rings. The smallest absolute Gasteiger partial charge is 0.312 e. The van der Waals surface area contributed by atoms with E-state index < -0.39 is 31.2 Å². The Morgan fingerprint density at radius 1 is 1.70 bits per heavy atom. The van der Waals surface area contributed by atoms with Crippen molar-refractivity contribution in [1.29, 1.82) is 0 Å². The predicted molar refractivity (Wildman–Crippen MR) is 28.2 cm³/mol. The Labute approximate surface area is 57.5 Å². The van der Waals surface area contributed by atoms with Gasteiger partial charge in [-0.3, -0.25) is 0 Å². The van der Waals surface area contributed by atoms with Crippen molar-refractivity contribution in [2.45, 2.75) is 24.6 Å². The minimum Gasteiger partial charge on any atom is -0.394 e. The van der Waals surface area contributed by atoms with Crippen LogP contribution in [0.4, 0.5) is 0 Å². The first-order valence-electron chi connectivity index (χ1n) is 2.95. The van der Waals surface area contributed by atoms with Crippen molar-refractivity contribution in [3.05, 3.63) is 0 Å². The summed E-state index contributed by atoms with van der Waals surface area (Å²) in [6, 6.07) is 0. The van der Waals surface area contributed by atoms with E-state index in [9.17, 15) is 5.11 Å². The maximum Gasteiger partial charge on any atom is 0.312 e. The molecule has 59 valence electrons. The minimum absolute atomic E-state index is 0.391. The summed E-state index contributed by atoms with van der Waals surface area (Å²) in [5, 5.41) is 36.5.